The van der Waals surface area contributed by atoms with Crippen LogP contribution >= 0.6 is 0 Å². The molecule has 0 spiro atoms. The van der Waals surface area contributed by atoms with Gasteiger partial charge in [0, 0.05) is 26.1 Å². The highest BCUT2D eigenvalue weighted by Crippen LogP contribution is 2.16. The van der Waals surface area contributed by atoms with Crippen molar-refractivity contribution in [2.45, 2.75) is 46.1 Å². The van der Waals surface area contributed by atoms with Crippen LogP contribution in [0, 0.1) is 19.8 Å². The fourth-order valence-electron chi connectivity index (χ4n) is 3.55. The highest BCUT2D eigenvalue weighted by molar-refractivity contribution is 5.79. The third-order valence-electron chi connectivity index (χ3n) is 5.35. The van der Waals surface area contributed by atoms with Crippen molar-refractivity contribution in [3.8, 4) is 0 Å². The number of nitrogens with two attached hydrogens (primary N) is 1. The summed E-state index contributed by atoms with van der Waals surface area (Å²) in [6.07, 6.45) is 4.05. The third kappa shape index (κ3) is 7.21. The van der Waals surface area contributed by atoms with Crippen LogP contribution in [0.5, 0.6) is 0 Å². The predicted molar refractivity (Wildman–Crippen MR) is 112 cm³/mol. The van der Waals surface area contributed by atoms with Gasteiger partial charge in [-0.2, -0.15) is 0 Å². The Morgan fingerprint density at radius 2 is 1.96 bits per heavy atom. The van der Waals surface area contributed by atoms with Crippen LogP contribution < -0.4 is 16.4 Å². The second-order valence-corrected chi connectivity index (χ2v) is 7.51. The zero-order valence-electron chi connectivity index (χ0n) is 17.1. The highest BCUT2D eigenvalue weighted by Gasteiger charge is 2.22. The van der Waals surface area contributed by atoms with Gasteiger partial charge >= 0.3 is 0 Å². The lowest BCUT2D eigenvalue weighted by Gasteiger charge is -2.30. The van der Waals surface area contributed by atoms with Gasteiger partial charge < -0.3 is 21.3 Å². The first-order chi connectivity index (χ1) is 13.0. The van der Waals surface area contributed by atoms with Gasteiger partial charge in [-0.3, -0.25) is 9.79 Å². The van der Waals surface area contributed by atoms with E-state index in [2.05, 4.69) is 52.6 Å². The monoisotopic (exact) mass is 373 g/mol. The molecule has 1 aromatic rings. The molecule has 1 heterocycles. The van der Waals surface area contributed by atoms with Crippen LogP contribution in [-0.4, -0.2) is 50.0 Å². The minimum Gasteiger partial charge on any atom is -0.369 e. The van der Waals surface area contributed by atoms with Gasteiger partial charge in [-0.25, -0.2) is 0 Å². The van der Waals surface area contributed by atoms with Crippen molar-refractivity contribution in [2.24, 2.45) is 16.6 Å². The number of benzene rings is 1. The maximum atomic E-state index is 11.2. The van der Waals surface area contributed by atoms with Crippen LogP contribution in [-0.2, 0) is 11.3 Å². The van der Waals surface area contributed by atoms with Crippen molar-refractivity contribution < 1.29 is 4.79 Å². The molecule has 150 valence electrons. The summed E-state index contributed by atoms with van der Waals surface area (Å²) < 4.78 is 0. The molecule has 1 aliphatic heterocycles. The van der Waals surface area contributed by atoms with E-state index in [4.69, 9.17) is 5.73 Å². The van der Waals surface area contributed by atoms with Crippen molar-refractivity contribution in [1.29, 1.82) is 0 Å². The molecule has 0 unspecified atom stereocenters. The van der Waals surface area contributed by atoms with E-state index >= 15 is 0 Å². The van der Waals surface area contributed by atoms with Gasteiger partial charge in [-0.1, -0.05) is 23.8 Å². The van der Waals surface area contributed by atoms with E-state index in [1.54, 1.807) is 7.05 Å². The van der Waals surface area contributed by atoms with Crippen molar-refractivity contribution >= 4 is 11.9 Å². The minimum absolute atomic E-state index is 0.0782. The van der Waals surface area contributed by atoms with E-state index in [0.29, 0.717) is 0 Å². The Morgan fingerprint density at radius 1 is 1.22 bits per heavy atom. The second-order valence-electron chi connectivity index (χ2n) is 7.51. The van der Waals surface area contributed by atoms with Gasteiger partial charge in [0.05, 0.1) is 0 Å². The fraction of sp³-hybridized carbons (Fsp3) is 0.619. The molecule has 6 heteroatoms. The van der Waals surface area contributed by atoms with E-state index in [0.717, 1.165) is 64.4 Å². The molecular formula is C21H35N5O. The molecule has 0 aromatic heterocycles. The first-order valence-electron chi connectivity index (χ1n) is 10.0. The Hall–Kier alpha value is -2.08. The number of piperidine rings is 1. The van der Waals surface area contributed by atoms with Crippen molar-refractivity contribution in [2.75, 3.05) is 33.2 Å². The summed E-state index contributed by atoms with van der Waals surface area (Å²) in [5.74, 6) is 0.783. The molecule has 1 saturated heterocycles. The number of aliphatic imine (C=N–C) groups is 1. The Morgan fingerprint density at radius 3 is 2.59 bits per heavy atom. The number of carbonyl (C=O) groups excluding carboxylic acids is 1. The summed E-state index contributed by atoms with van der Waals surface area (Å²) in [6.45, 7) is 9.00. The standard InChI is InChI=1S/C21H35N5O/c1-16-6-7-19(17(2)14-16)15-25-21(23-3)24-10-4-5-11-26-12-8-18(9-13-26)20(22)27/h6-7,14,18H,4-5,8-13,15H2,1-3H3,(H2,22,27)(H2,23,24,25). The van der Waals surface area contributed by atoms with E-state index in [9.17, 15) is 4.79 Å². The normalized spacial score (nSPS) is 16.3. The number of nitrogens with zero attached hydrogens (tertiary/aromatic N) is 2. The lowest BCUT2D eigenvalue weighted by atomic mass is 9.96. The molecule has 0 bridgehead atoms. The lowest BCUT2D eigenvalue weighted by Crippen LogP contribution is -2.39. The average molecular weight is 374 g/mol. The number of nitrogens with one attached hydrogen (secondary N) is 2. The second kappa shape index (κ2) is 10.9. The lowest BCUT2D eigenvalue weighted by molar-refractivity contribution is -0.123. The number of likely N-dealkylation sites (tertiary alicyclic amines) is 1. The quantitative estimate of drug-likeness (QED) is 0.369. The molecular weight excluding hydrogens is 338 g/mol. The number of rotatable bonds is 8. The van der Waals surface area contributed by atoms with Crippen molar-refractivity contribution in [3.63, 3.8) is 0 Å². The number of aryl methyl sites for hydroxylation is 2. The molecule has 1 fully saturated rings. The van der Waals surface area contributed by atoms with Crippen LogP contribution in [0.4, 0.5) is 0 Å². The van der Waals surface area contributed by atoms with Gasteiger partial charge in [0.1, 0.15) is 0 Å². The maximum Gasteiger partial charge on any atom is 0.220 e. The highest BCUT2D eigenvalue weighted by atomic mass is 16.1. The minimum atomic E-state index is -0.140. The molecule has 0 saturated carbocycles. The van der Waals surface area contributed by atoms with Gasteiger partial charge in [0.25, 0.3) is 0 Å². The molecule has 0 radical (unpaired) electrons. The topological polar surface area (TPSA) is 82.8 Å². The van der Waals surface area contributed by atoms with Crippen LogP contribution in [0.15, 0.2) is 23.2 Å². The largest absolute Gasteiger partial charge is 0.369 e. The summed E-state index contributed by atoms with van der Waals surface area (Å²) in [4.78, 5) is 17.9. The molecule has 0 aliphatic carbocycles. The zero-order valence-corrected chi connectivity index (χ0v) is 17.1. The van der Waals surface area contributed by atoms with E-state index in [-0.39, 0.29) is 11.8 Å². The van der Waals surface area contributed by atoms with E-state index in [1.165, 1.54) is 16.7 Å². The first-order valence-corrected chi connectivity index (χ1v) is 10.0. The summed E-state index contributed by atoms with van der Waals surface area (Å²) in [7, 11) is 1.81. The molecule has 1 aromatic carbocycles. The van der Waals surface area contributed by atoms with Crippen LogP contribution in [0.1, 0.15) is 42.4 Å². The summed E-state index contributed by atoms with van der Waals surface area (Å²) in [5.41, 5.74) is 9.28. The third-order valence-corrected chi connectivity index (χ3v) is 5.35. The van der Waals surface area contributed by atoms with Gasteiger partial charge in [-0.05, 0) is 70.3 Å². The van der Waals surface area contributed by atoms with E-state index < -0.39 is 0 Å². The zero-order chi connectivity index (χ0) is 19.6. The smallest absolute Gasteiger partial charge is 0.220 e. The molecule has 6 nitrogen and oxygen atoms in total. The summed E-state index contributed by atoms with van der Waals surface area (Å²) in [5, 5.41) is 6.78. The number of unbranched alkanes of at least 4 members (excludes halogenated alkanes) is 1. The Bertz CT molecular complexity index is 635. The van der Waals surface area contributed by atoms with Gasteiger partial charge in [0.15, 0.2) is 5.96 Å². The van der Waals surface area contributed by atoms with Gasteiger partial charge in [0.2, 0.25) is 5.91 Å². The first kappa shape index (κ1) is 21.2. The maximum absolute atomic E-state index is 11.2. The molecule has 27 heavy (non-hydrogen) atoms. The van der Waals surface area contributed by atoms with Crippen molar-refractivity contribution in [1.82, 2.24) is 15.5 Å². The molecule has 1 amide bonds. The number of hydrogen-bond acceptors (Lipinski definition) is 3. The SMILES string of the molecule is CN=C(NCCCCN1CCC(C(N)=O)CC1)NCc1ccc(C)cc1C. The number of amides is 1. The van der Waals surface area contributed by atoms with Crippen LogP contribution in [0.2, 0.25) is 0 Å². The number of guanidine groups is 1. The number of primary amides is 1. The summed E-state index contributed by atoms with van der Waals surface area (Å²) in [6, 6.07) is 6.53. The molecule has 2 rings (SSSR count). The van der Waals surface area contributed by atoms with Crippen molar-refractivity contribution in [3.05, 3.63) is 34.9 Å². The van der Waals surface area contributed by atoms with Gasteiger partial charge in [-0.15, -0.1) is 0 Å². The van der Waals surface area contributed by atoms with Crippen LogP contribution in [0.3, 0.4) is 0 Å². The summed E-state index contributed by atoms with van der Waals surface area (Å²) >= 11 is 0. The Kier molecular flexibility index (Phi) is 8.58. The predicted octanol–water partition coefficient (Wildman–Crippen LogP) is 1.95. The Labute approximate surface area is 163 Å². The Balaban J connectivity index is 1.59. The molecule has 0 atom stereocenters. The van der Waals surface area contributed by atoms with Crippen LogP contribution in [0.25, 0.3) is 0 Å². The molecule has 4 N–H and O–H groups in total. The number of hydrogen-bond donors (Lipinski definition) is 3. The fourth-order valence-corrected chi connectivity index (χ4v) is 3.55. The molecule has 1 aliphatic rings. The average Bonchev–Trinajstić information content (AvgIpc) is 2.65. The number of carbonyl (C=O) groups is 1. The van der Waals surface area contributed by atoms with E-state index in [1.807, 2.05) is 0 Å².